The molecular formula is C14H22N2O3. The number of rotatable bonds is 7. The maximum atomic E-state index is 11.7. The summed E-state index contributed by atoms with van der Waals surface area (Å²) < 4.78 is 0. The van der Waals surface area contributed by atoms with Crippen LogP contribution >= 0.6 is 0 Å². The van der Waals surface area contributed by atoms with Gasteiger partial charge in [0.2, 0.25) is 5.91 Å². The minimum absolute atomic E-state index is 0.125. The van der Waals surface area contributed by atoms with Gasteiger partial charge >= 0.3 is 0 Å². The van der Waals surface area contributed by atoms with Gasteiger partial charge in [-0.1, -0.05) is 6.07 Å². The molecule has 1 rings (SSSR count). The van der Waals surface area contributed by atoms with Crippen LogP contribution in [0, 0.1) is 0 Å². The van der Waals surface area contributed by atoms with Crippen LogP contribution < -0.4 is 5.32 Å². The maximum Gasteiger partial charge on any atom is 0.223 e. The lowest BCUT2D eigenvalue weighted by Crippen LogP contribution is -2.32. The second kappa shape index (κ2) is 7.63. The van der Waals surface area contributed by atoms with Crippen molar-refractivity contribution in [2.24, 2.45) is 0 Å². The zero-order valence-electron chi connectivity index (χ0n) is 11.5. The summed E-state index contributed by atoms with van der Waals surface area (Å²) in [6, 6.07) is 4.69. The summed E-state index contributed by atoms with van der Waals surface area (Å²) in [5.41, 5.74) is 0.866. The molecule has 5 heteroatoms. The van der Waals surface area contributed by atoms with Crippen molar-refractivity contribution < 1.29 is 15.0 Å². The number of amides is 1. The first kappa shape index (κ1) is 15.3. The third-order valence-corrected chi connectivity index (χ3v) is 3.00. The minimum Gasteiger partial charge on any atom is -0.504 e. The summed E-state index contributed by atoms with van der Waals surface area (Å²) in [6.07, 6.45) is 0.464. The first-order valence-electron chi connectivity index (χ1n) is 6.57. The van der Waals surface area contributed by atoms with Gasteiger partial charge in [-0.15, -0.1) is 0 Å². The third-order valence-electron chi connectivity index (χ3n) is 3.00. The Morgan fingerprint density at radius 3 is 2.47 bits per heavy atom. The lowest BCUT2D eigenvalue weighted by atomic mass is 10.2. The number of hydrogen-bond acceptors (Lipinski definition) is 4. The molecule has 5 nitrogen and oxygen atoms in total. The van der Waals surface area contributed by atoms with Crippen molar-refractivity contribution in [2.45, 2.75) is 26.8 Å². The van der Waals surface area contributed by atoms with Crippen LogP contribution in [0.15, 0.2) is 18.2 Å². The molecule has 0 heterocycles. The highest BCUT2D eigenvalue weighted by molar-refractivity contribution is 5.76. The van der Waals surface area contributed by atoms with E-state index in [1.54, 1.807) is 11.0 Å². The minimum atomic E-state index is -0.126. The van der Waals surface area contributed by atoms with Crippen LogP contribution in [0.5, 0.6) is 11.5 Å². The van der Waals surface area contributed by atoms with Crippen molar-refractivity contribution in [2.75, 3.05) is 19.6 Å². The second-order valence-electron chi connectivity index (χ2n) is 4.32. The molecule has 0 aliphatic heterocycles. The fourth-order valence-corrected chi connectivity index (χ4v) is 1.84. The number of benzene rings is 1. The first-order chi connectivity index (χ1) is 9.08. The van der Waals surface area contributed by atoms with Gasteiger partial charge in [-0.3, -0.25) is 4.79 Å². The predicted octanol–water partition coefficient (Wildman–Crippen LogP) is 1.45. The van der Waals surface area contributed by atoms with Crippen LogP contribution in [0.3, 0.4) is 0 Å². The highest BCUT2D eigenvalue weighted by Crippen LogP contribution is 2.24. The molecule has 3 N–H and O–H groups in total. The molecule has 0 bridgehead atoms. The molecule has 1 aromatic carbocycles. The van der Waals surface area contributed by atoms with Gasteiger partial charge in [-0.25, -0.2) is 0 Å². The summed E-state index contributed by atoms with van der Waals surface area (Å²) in [7, 11) is 0. The summed E-state index contributed by atoms with van der Waals surface area (Å²) in [4.78, 5) is 13.5. The lowest BCUT2D eigenvalue weighted by molar-refractivity contribution is -0.130. The van der Waals surface area contributed by atoms with Gasteiger partial charge in [0.1, 0.15) is 0 Å². The predicted molar refractivity (Wildman–Crippen MR) is 74.0 cm³/mol. The Bertz CT molecular complexity index is 417. The van der Waals surface area contributed by atoms with Crippen LogP contribution in [0.2, 0.25) is 0 Å². The topological polar surface area (TPSA) is 72.8 Å². The highest BCUT2D eigenvalue weighted by Gasteiger charge is 2.08. The summed E-state index contributed by atoms with van der Waals surface area (Å²) in [6.45, 7) is 6.56. The molecule has 0 aliphatic rings. The van der Waals surface area contributed by atoms with E-state index in [9.17, 15) is 15.0 Å². The van der Waals surface area contributed by atoms with Gasteiger partial charge in [-0.2, -0.15) is 0 Å². The smallest absolute Gasteiger partial charge is 0.223 e. The van der Waals surface area contributed by atoms with Crippen molar-refractivity contribution in [3.8, 4) is 11.5 Å². The van der Waals surface area contributed by atoms with Gasteiger partial charge in [-0.05, 0) is 31.5 Å². The van der Waals surface area contributed by atoms with Crippen molar-refractivity contribution in [3.63, 3.8) is 0 Å². The maximum absolute atomic E-state index is 11.7. The van der Waals surface area contributed by atoms with Crippen LogP contribution in [0.4, 0.5) is 0 Å². The molecule has 0 spiro atoms. The van der Waals surface area contributed by atoms with E-state index in [0.717, 1.165) is 18.7 Å². The standard InChI is InChI=1S/C14H22N2O3/c1-3-16(4-2)14(19)7-8-15-10-11-5-6-12(17)13(18)9-11/h5-6,9,15,17-18H,3-4,7-8,10H2,1-2H3. The van der Waals surface area contributed by atoms with Gasteiger partial charge in [0.25, 0.3) is 0 Å². The van der Waals surface area contributed by atoms with Crippen LogP contribution in [0.25, 0.3) is 0 Å². The average molecular weight is 266 g/mol. The Kier molecular flexibility index (Phi) is 6.15. The molecule has 0 fully saturated rings. The van der Waals surface area contributed by atoms with Crippen LogP contribution in [-0.2, 0) is 11.3 Å². The number of carbonyl (C=O) groups excluding carboxylic acids is 1. The average Bonchev–Trinajstić information content (AvgIpc) is 2.40. The molecule has 0 saturated carbocycles. The van der Waals surface area contributed by atoms with E-state index in [2.05, 4.69) is 5.32 Å². The van der Waals surface area contributed by atoms with E-state index in [1.807, 2.05) is 13.8 Å². The molecule has 1 aromatic rings. The fourth-order valence-electron chi connectivity index (χ4n) is 1.84. The Morgan fingerprint density at radius 1 is 1.21 bits per heavy atom. The monoisotopic (exact) mass is 266 g/mol. The number of carbonyl (C=O) groups is 1. The SMILES string of the molecule is CCN(CC)C(=O)CCNCc1ccc(O)c(O)c1. The molecule has 19 heavy (non-hydrogen) atoms. The lowest BCUT2D eigenvalue weighted by Gasteiger charge is -2.18. The van der Waals surface area contributed by atoms with E-state index >= 15 is 0 Å². The van der Waals surface area contributed by atoms with Crippen LogP contribution in [-0.4, -0.2) is 40.7 Å². The van der Waals surface area contributed by atoms with E-state index in [-0.39, 0.29) is 17.4 Å². The second-order valence-corrected chi connectivity index (χ2v) is 4.32. The Hall–Kier alpha value is -1.75. The Labute approximate surface area is 113 Å². The Balaban J connectivity index is 2.31. The van der Waals surface area contributed by atoms with Gasteiger partial charge in [0.15, 0.2) is 11.5 Å². The number of hydrogen-bond donors (Lipinski definition) is 3. The number of nitrogens with one attached hydrogen (secondary N) is 1. The molecule has 0 aromatic heterocycles. The molecule has 1 amide bonds. The molecule has 0 radical (unpaired) electrons. The van der Waals surface area contributed by atoms with Gasteiger partial charge < -0.3 is 20.4 Å². The third kappa shape index (κ3) is 4.79. The molecule has 0 aliphatic carbocycles. The van der Waals surface area contributed by atoms with Gasteiger partial charge in [0, 0.05) is 32.6 Å². The number of nitrogens with zero attached hydrogens (tertiary/aromatic N) is 1. The molecule has 0 unspecified atom stereocenters. The number of phenols is 2. The molecule has 0 atom stereocenters. The summed E-state index contributed by atoms with van der Waals surface area (Å²) in [5.74, 6) is -0.106. The summed E-state index contributed by atoms with van der Waals surface area (Å²) >= 11 is 0. The molecular weight excluding hydrogens is 244 g/mol. The highest BCUT2D eigenvalue weighted by atomic mass is 16.3. The molecule has 0 saturated heterocycles. The Morgan fingerprint density at radius 2 is 1.89 bits per heavy atom. The van der Waals surface area contributed by atoms with Crippen LogP contribution in [0.1, 0.15) is 25.8 Å². The summed E-state index contributed by atoms with van der Waals surface area (Å²) in [5, 5.41) is 21.7. The first-order valence-corrected chi connectivity index (χ1v) is 6.57. The van der Waals surface area contributed by atoms with E-state index in [1.165, 1.54) is 12.1 Å². The van der Waals surface area contributed by atoms with Gasteiger partial charge in [0.05, 0.1) is 0 Å². The van der Waals surface area contributed by atoms with E-state index in [4.69, 9.17) is 0 Å². The zero-order chi connectivity index (χ0) is 14.3. The number of aromatic hydroxyl groups is 2. The van der Waals surface area contributed by atoms with E-state index in [0.29, 0.717) is 19.5 Å². The molecule has 106 valence electrons. The van der Waals surface area contributed by atoms with Crippen molar-refractivity contribution in [3.05, 3.63) is 23.8 Å². The zero-order valence-corrected chi connectivity index (χ0v) is 11.5. The van der Waals surface area contributed by atoms with Crippen molar-refractivity contribution >= 4 is 5.91 Å². The normalized spacial score (nSPS) is 10.4. The van der Waals surface area contributed by atoms with Crippen molar-refractivity contribution in [1.29, 1.82) is 0 Å². The number of phenolic OH excluding ortho intramolecular Hbond substituents is 2. The quantitative estimate of drug-likeness (QED) is 0.516. The largest absolute Gasteiger partial charge is 0.504 e. The fraction of sp³-hybridized carbons (Fsp3) is 0.500. The van der Waals surface area contributed by atoms with E-state index < -0.39 is 0 Å². The van der Waals surface area contributed by atoms with Crippen molar-refractivity contribution in [1.82, 2.24) is 10.2 Å².